The molecule has 0 bridgehead atoms. The number of rotatable bonds is 4. The summed E-state index contributed by atoms with van der Waals surface area (Å²) in [4.78, 5) is 13.8. The average Bonchev–Trinajstić information content (AvgIpc) is 2.87. The van der Waals surface area contributed by atoms with Crippen molar-refractivity contribution in [2.45, 2.75) is 26.2 Å². The highest BCUT2D eigenvalue weighted by molar-refractivity contribution is 5.77. The number of amides is 1. The number of hydrogen-bond donors (Lipinski definition) is 2. The SMILES string of the molecule is Cc1ccc(N)cc1NCCC(=O)N1CCCC1. The molecular weight excluding hydrogens is 226 g/mol. The van der Waals surface area contributed by atoms with Crippen LogP contribution in [0.15, 0.2) is 18.2 Å². The first-order valence-corrected chi connectivity index (χ1v) is 6.54. The Morgan fingerprint density at radius 2 is 2.11 bits per heavy atom. The van der Waals surface area contributed by atoms with E-state index in [1.807, 2.05) is 30.0 Å². The molecule has 1 aliphatic heterocycles. The molecule has 1 saturated heterocycles. The molecule has 1 heterocycles. The molecule has 98 valence electrons. The van der Waals surface area contributed by atoms with E-state index in [9.17, 15) is 4.79 Å². The van der Waals surface area contributed by atoms with Gasteiger partial charge in [-0.2, -0.15) is 0 Å². The number of hydrogen-bond acceptors (Lipinski definition) is 3. The van der Waals surface area contributed by atoms with Crippen LogP contribution >= 0.6 is 0 Å². The lowest BCUT2D eigenvalue weighted by Gasteiger charge is -2.16. The van der Waals surface area contributed by atoms with Crippen molar-refractivity contribution >= 4 is 17.3 Å². The number of anilines is 2. The zero-order valence-electron chi connectivity index (χ0n) is 10.9. The maximum Gasteiger partial charge on any atom is 0.224 e. The second-order valence-electron chi connectivity index (χ2n) is 4.84. The number of benzene rings is 1. The lowest BCUT2D eigenvalue weighted by atomic mass is 10.2. The normalized spacial score (nSPS) is 14.8. The van der Waals surface area contributed by atoms with Crippen LogP contribution in [0.2, 0.25) is 0 Å². The molecule has 0 atom stereocenters. The van der Waals surface area contributed by atoms with Gasteiger partial charge in [-0.1, -0.05) is 6.07 Å². The molecule has 0 unspecified atom stereocenters. The Kier molecular flexibility index (Phi) is 4.07. The number of carbonyl (C=O) groups is 1. The van der Waals surface area contributed by atoms with E-state index in [2.05, 4.69) is 5.32 Å². The Bertz CT molecular complexity index is 425. The average molecular weight is 247 g/mol. The number of nitrogens with two attached hydrogens (primary N) is 1. The molecule has 1 aromatic carbocycles. The van der Waals surface area contributed by atoms with Crippen molar-refractivity contribution in [3.8, 4) is 0 Å². The van der Waals surface area contributed by atoms with Crippen molar-refractivity contribution in [1.29, 1.82) is 0 Å². The summed E-state index contributed by atoms with van der Waals surface area (Å²) in [5, 5.41) is 3.28. The Labute approximate surface area is 108 Å². The number of nitrogens with one attached hydrogen (secondary N) is 1. The van der Waals surface area contributed by atoms with Gasteiger partial charge in [0, 0.05) is 37.4 Å². The van der Waals surface area contributed by atoms with E-state index in [1.54, 1.807) is 0 Å². The lowest BCUT2D eigenvalue weighted by Crippen LogP contribution is -2.29. The lowest BCUT2D eigenvalue weighted by molar-refractivity contribution is -0.129. The van der Waals surface area contributed by atoms with E-state index < -0.39 is 0 Å². The minimum atomic E-state index is 0.251. The molecule has 0 aromatic heterocycles. The third-order valence-corrected chi connectivity index (χ3v) is 3.37. The fraction of sp³-hybridized carbons (Fsp3) is 0.500. The van der Waals surface area contributed by atoms with Crippen LogP contribution in [0.5, 0.6) is 0 Å². The summed E-state index contributed by atoms with van der Waals surface area (Å²) in [6, 6.07) is 5.78. The fourth-order valence-electron chi connectivity index (χ4n) is 2.26. The van der Waals surface area contributed by atoms with Crippen molar-refractivity contribution in [2.24, 2.45) is 0 Å². The van der Waals surface area contributed by atoms with Crippen molar-refractivity contribution < 1.29 is 4.79 Å². The van der Waals surface area contributed by atoms with Gasteiger partial charge in [0.1, 0.15) is 0 Å². The summed E-state index contributed by atoms with van der Waals surface area (Å²) < 4.78 is 0. The van der Waals surface area contributed by atoms with E-state index in [1.165, 1.54) is 0 Å². The van der Waals surface area contributed by atoms with Crippen LogP contribution in [0.3, 0.4) is 0 Å². The molecule has 4 heteroatoms. The molecule has 18 heavy (non-hydrogen) atoms. The third kappa shape index (κ3) is 3.15. The second-order valence-corrected chi connectivity index (χ2v) is 4.84. The molecule has 2 rings (SSSR count). The molecule has 1 aromatic rings. The van der Waals surface area contributed by atoms with Gasteiger partial charge >= 0.3 is 0 Å². The van der Waals surface area contributed by atoms with Crippen molar-refractivity contribution in [3.05, 3.63) is 23.8 Å². The quantitative estimate of drug-likeness (QED) is 0.800. The van der Waals surface area contributed by atoms with Crippen LogP contribution in [0.4, 0.5) is 11.4 Å². The second kappa shape index (κ2) is 5.76. The standard InChI is InChI=1S/C14H21N3O/c1-11-4-5-12(15)10-13(11)16-7-6-14(18)17-8-2-3-9-17/h4-5,10,16H,2-3,6-9,15H2,1H3. The van der Waals surface area contributed by atoms with Crippen molar-refractivity contribution in [2.75, 3.05) is 30.7 Å². The van der Waals surface area contributed by atoms with Gasteiger partial charge in [-0.3, -0.25) is 4.79 Å². The molecule has 0 aliphatic carbocycles. The number of nitrogens with zero attached hydrogens (tertiary/aromatic N) is 1. The van der Waals surface area contributed by atoms with Crippen LogP contribution in [0.25, 0.3) is 0 Å². The maximum atomic E-state index is 11.8. The summed E-state index contributed by atoms with van der Waals surface area (Å²) in [5.41, 5.74) is 8.66. The van der Waals surface area contributed by atoms with Crippen LogP contribution in [0.1, 0.15) is 24.8 Å². The Hall–Kier alpha value is -1.71. The molecule has 3 N–H and O–H groups in total. The number of aryl methyl sites for hydroxylation is 1. The first-order chi connectivity index (χ1) is 8.66. The van der Waals surface area contributed by atoms with Crippen LogP contribution in [-0.2, 0) is 4.79 Å². The zero-order valence-corrected chi connectivity index (χ0v) is 10.9. The molecule has 1 fully saturated rings. The number of nitrogen functional groups attached to an aromatic ring is 1. The zero-order chi connectivity index (χ0) is 13.0. The van der Waals surface area contributed by atoms with Gasteiger partial charge in [-0.15, -0.1) is 0 Å². The van der Waals surface area contributed by atoms with Gasteiger partial charge in [0.05, 0.1) is 0 Å². The van der Waals surface area contributed by atoms with Gasteiger partial charge < -0.3 is 16.0 Å². The van der Waals surface area contributed by atoms with Crippen LogP contribution in [-0.4, -0.2) is 30.4 Å². The van der Waals surface area contributed by atoms with E-state index in [4.69, 9.17) is 5.73 Å². The number of carbonyl (C=O) groups excluding carboxylic acids is 1. The smallest absolute Gasteiger partial charge is 0.224 e. The maximum absolute atomic E-state index is 11.8. The van der Waals surface area contributed by atoms with E-state index >= 15 is 0 Å². The highest BCUT2D eigenvalue weighted by Gasteiger charge is 2.16. The van der Waals surface area contributed by atoms with Gasteiger partial charge in [0.25, 0.3) is 0 Å². The summed E-state index contributed by atoms with van der Waals surface area (Å²) in [6.07, 6.45) is 2.84. The van der Waals surface area contributed by atoms with Gasteiger partial charge in [-0.05, 0) is 37.5 Å². The molecule has 0 saturated carbocycles. The Morgan fingerprint density at radius 3 is 2.83 bits per heavy atom. The molecule has 1 amide bonds. The van der Waals surface area contributed by atoms with E-state index in [0.717, 1.165) is 42.9 Å². The van der Waals surface area contributed by atoms with Gasteiger partial charge in [0.15, 0.2) is 0 Å². The van der Waals surface area contributed by atoms with E-state index in [-0.39, 0.29) is 5.91 Å². The first-order valence-electron chi connectivity index (χ1n) is 6.54. The van der Waals surface area contributed by atoms with Gasteiger partial charge in [-0.25, -0.2) is 0 Å². The summed E-state index contributed by atoms with van der Waals surface area (Å²) in [5.74, 6) is 0.251. The molecule has 0 spiro atoms. The Morgan fingerprint density at radius 1 is 1.39 bits per heavy atom. The van der Waals surface area contributed by atoms with Crippen LogP contribution in [0, 0.1) is 6.92 Å². The number of likely N-dealkylation sites (tertiary alicyclic amines) is 1. The Balaban J connectivity index is 1.81. The predicted molar refractivity (Wildman–Crippen MR) is 74.5 cm³/mol. The topological polar surface area (TPSA) is 58.4 Å². The first kappa shape index (κ1) is 12.7. The summed E-state index contributed by atoms with van der Waals surface area (Å²) in [6.45, 7) is 4.55. The molecular formula is C14H21N3O. The van der Waals surface area contributed by atoms with Gasteiger partial charge in [0.2, 0.25) is 5.91 Å². The summed E-state index contributed by atoms with van der Waals surface area (Å²) in [7, 11) is 0. The minimum Gasteiger partial charge on any atom is -0.399 e. The summed E-state index contributed by atoms with van der Waals surface area (Å²) >= 11 is 0. The molecule has 0 radical (unpaired) electrons. The van der Waals surface area contributed by atoms with Crippen LogP contribution < -0.4 is 11.1 Å². The highest BCUT2D eigenvalue weighted by Crippen LogP contribution is 2.18. The molecule has 4 nitrogen and oxygen atoms in total. The van der Waals surface area contributed by atoms with Crippen molar-refractivity contribution in [3.63, 3.8) is 0 Å². The largest absolute Gasteiger partial charge is 0.399 e. The van der Waals surface area contributed by atoms with E-state index in [0.29, 0.717) is 13.0 Å². The fourth-order valence-corrected chi connectivity index (χ4v) is 2.26. The minimum absolute atomic E-state index is 0.251. The highest BCUT2D eigenvalue weighted by atomic mass is 16.2. The monoisotopic (exact) mass is 247 g/mol. The van der Waals surface area contributed by atoms with Crippen molar-refractivity contribution in [1.82, 2.24) is 4.90 Å². The predicted octanol–water partition coefficient (Wildman–Crippen LogP) is 2.00. The molecule has 1 aliphatic rings. The third-order valence-electron chi connectivity index (χ3n) is 3.37.